The fourth-order valence-corrected chi connectivity index (χ4v) is 5.44. The lowest BCUT2D eigenvalue weighted by Gasteiger charge is -2.18. The highest BCUT2D eigenvalue weighted by Crippen LogP contribution is 2.24. The number of carbonyl (C=O) groups excluding carboxylic acids is 1. The molecular weight excluding hydrogens is 490 g/mol. The number of nitrogens with two attached hydrogens (primary N) is 1. The molecule has 0 saturated heterocycles. The van der Waals surface area contributed by atoms with Crippen LogP contribution in [0.15, 0.2) is 88.6 Å². The number of nitrogens with one attached hydrogen (secondary N) is 1. The Balaban J connectivity index is 1.61. The summed E-state index contributed by atoms with van der Waals surface area (Å²) in [7, 11) is -1.11. The predicted octanol–water partition coefficient (Wildman–Crippen LogP) is 2.70. The van der Waals surface area contributed by atoms with Gasteiger partial charge in [-0.05, 0) is 48.4 Å². The van der Waals surface area contributed by atoms with Gasteiger partial charge >= 0.3 is 0 Å². The minimum Gasteiger partial charge on any atom is -0.348 e. The molecule has 1 amide bonds. The van der Waals surface area contributed by atoms with Crippen LogP contribution < -0.4 is 20.9 Å². The molecule has 192 valence electrons. The summed E-state index contributed by atoms with van der Waals surface area (Å²) >= 11 is 0. The second-order valence-corrected chi connectivity index (χ2v) is 10.6. The summed E-state index contributed by atoms with van der Waals surface area (Å²) < 4.78 is 31.1. The summed E-state index contributed by atoms with van der Waals surface area (Å²) in [5.41, 5.74) is 8.36. The molecule has 0 unspecified atom stereocenters. The first-order valence-corrected chi connectivity index (χ1v) is 13.1. The maximum Gasteiger partial charge on any atom is 0.296 e. The first-order chi connectivity index (χ1) is 17.6. The third kappa shape index (κ3) is 5.07. The molecule has 0 radical (unpaired) electrons. The van der Waals surface area contributed by atoms with Crippen LogP contribution >= 0.6 is 0 Å². The zero-order valence-corrected chi connectivity index (χ0v) is 21.7. The molecular formula is C27H29N5O4S. The molecule has 1 aromatic heterocycles. The highest BCUT2D eigenvalue weighted by atomic mass is 32.2. The van der Waals surface area contributed by atoms with E-state index in [1.165, 1.54) is 29.9 Å². The topological polar surface area (TPSA) is 119 Å². The van der Waals surface area contributed by atoms with Crippen molar-refractivity contribution >= 4 is 21.6 Å². The quantitative estimate of drug-likeness (QED) is 0.371. The largest absolute Gasteiger partial charge is 0.348 e. The Hall–Kier alpha value is -4.15. The Morgan fingerprint density at radius 1 is 0.973 bits per heavy atom. The molecule has 0 fully saturated rings. The number of hydrogen-bond acceptors (Lipinski definition) is 5. The van der Waals surface area contributed by atoms with E-state index in [1.54, 1.807) is 49.0 Å². The second kappa shape index (κ2) is 10.5. The van der Waals surface area contributed by atoms with Crippen LogP contribution in [-0.4, -0.2) is 30.7 Å². The Morgan fingerprint density at radius 3 is 2.35 bits per heavy atom. The van der Waals surface area contributed by atoms with E-state index in [1.807, 2.05) is 30.3 Å². The average Bonchev–Trinajstić information content (AvgIpc) is 3.14. The number of hydrogen-bond donors (Lipinski definition) is 2. The average molecular weight is 520 g/mol. The molecule has 0 bridgehead atoms. The zero-order chi connectivity index (χ0) is 26.7. The highest BCUT2D eigenvalue weighted by Gasteiger charge is 2.29. The van der Waals surface area contributed by atoms with E-state index >= 15 is 0 Å². The third-order valence-corrected chi connectivity index (χ3v) is 8.03. The SMILES string of the molecule is Cc1c(N(C)S(=O)(=O)c2cccc(C(=O)NCc3cccc(CN)c3)c2)c(=O)n(-c2ccccc2)n1C. The fraction of sp³-hybridized carbons (Fsp3) is 0.185. The van der Waals surface area contributed by atoms with E-state index in [0.29, 0.717) is 17.9 Å². The van der Waals surface area contributed by atoms with Gasteiger partial charge in [-0.1, -0.05) is 48.5 Å². The summed E-state index contributed by atoms with van der Waals surface area (Å²) in [4.78, 5) is 26.0. The molecule has 10 heteroatoms. The van der Waals surface area contributed by atoms with Crippen molar-refractivity contribution < 1.29 is 13.2 Å². The number of aromatic nitrogens is 2. The second-order valence-electron chi connectivity index (χ2n) is 8.62. The summed E-state index contributed by atoms with van der Waals surface area (Å²) in [6.45, 7) is 2.35. The lowest BCUT2D eigenvalue weighted by molar-refractivity contribution is 0.0950. The number of carbonyl (C=O) groups is 1. The van der Waals surface area contributed by atoms with Crippen molar-refractivity contribution in [2.75, 3.05) is 11.4 Å². The third-order valence-electron chi connectivity index (χ3n) is 6.27. The minimum absolute atomic E-state index is 0.0287. The predicted molar refractivity (Wildman–Crippen MR) is 143 cm³/mol. The Morgan fingerprint density at radius 2 is 1.65 bits per heavy atom. The van der Waals surface area contributed by atoms with Gasteiger partial charge in [-0.15, -0.1) is 0 Å². The van der Waals surface area contributed by atoms with Gasteiger partial charge in [0, 0.05) is 32.7 Å². The van der Waals surface area contributed by atoms with Crippen LogP contribution in [0.5, 0.6) is 0 Å². The van der Waals surface area contributed by atoms with Crippen molar-refractivity contribution in [3.8, 4) is 5.69 Å². The molecule has 0 aliphatic carbocycles. The lowest BCUT2D eigenvalue weighted by atomic mass is 10.1. The molecule has 3 N–H and O–H groups in total. The Bertz CT molecular complexity index is 1610. The Labute approximate surface area is 215 Å². The number of benzene rings is 3. The first kappa shape index (κ1) is 25.9. The molecule has 0 atom stereocenters. The van der Waals surface area contributed by atoms with Crippen LogP contribution in [-0.2, 0) is 30.2 Å². The van der Waals surface area contributed by atoms with E-state index < -0.39 is 21.5 Å². The van der Waals surface area contributed by atoms with Gasteiger partial charge in [0.2, 0.25) is 0 Å². The van der Waals surface area contributed by atoms with Crippen LogP contribution in [0.3, 0.4) is 0 Å². The zero-order valence-electron chi connectivity index (χ0n) is 20.9. The summed E-state index contributed by atoms with van der Waals surface area (Å²) in [5, 5.41) is 2.81. The summed E-state index contributed by atoms with van der Waals surface area (Å²) in [6.07, 6.45) is 0. The molecule has 4 rings (SSSR count). The molecule has 0 spiro atoms. The number of rotatable bonds is 8. The molecule has 4 aromatic rings. The molecule has 3 aromatic carbocycles. The van der Waals surface area contributed by atoms with Gasteiger partial charge < -0.3 is 11.1 Å². The molecule has 0 saturated carbocycles. The monoisotopic (exact) mass is 519 g/mol. The van der Waals surface area contributed by atoms with E-state index in [-0.39, 0.29) is 22.7 Å². The van der Waals surface area contributed by atoms with Gasteiger partial charge in [-0.2, -0.15) is 0 Å². The standard InChI is InChI=1S/C27H29N5O4S/c1-19-25(27(34)32(30(19)2)23-12-5-4-6-13-23)31(3)37(35,36)24-14-8-11-22(16-24)26(33)29-18-21-10-7-9-20(15-21)17-28/h4-16H,17-18,28H2,1-3H3,(H,29,33). The number of nitrogens with zero attached hydrogens (tertiary/aromatic N) is 3. The molecule has 1 heterocycles. The molecule has 0 aliphatic heterocycles. The van der Waals surface area contributed by atoms with Gasteiger partial charge in [0.1, 0.15) is 5.69 Å². The van der Waals surface area contributed by atoms with Crippen LogP contribution in [0.1, 0.15) is 27.2 Å². The molecule has 37 heavy (non-hydrogen) atoms. The normalized spacial score (nSPS) is 11.4. The maximum absolute atomic E-state index is 13.5. The van der Waals surface area contributed by atoms with Gasteiger partial charge in [0.25, 0.3) is 21.5 Å². The van der Waals surface area contributed by atoms with Crippen LogP contribution in [0.2, 0.25) is 0 Å². The van der Waals surface area contributed by atoms with Gasteiger partial charge in [-0.25, -0.2) is 13.1 Å². The van der Waals surface area contributed by atoms with Crippen LogP contribution in [0.25, 0.3) is 5.69 Å². The smallest absolute Gasteiger partial charge is 0.296 e. The van der Waals surface area contributed by atoms with E-state index in [9.17, 15) is 18.0 Å². The number of sulfonamides is 1. The molecule has 0 aliphatic rings. The first-order valence-electron chi connectivity index (χ1n) is 11.6. The number of amides is 1. The maximum atomic E-state index is 13.5. The van der Waals surface area contributed by atoms with Crippen molar-refractivity contribution in [3.63, 3.8) is 0 Å². The number of anilines is 1. The highest BCUT2D eigenvalue weighted by molar-refractivity contribution is 7.92. The summed E-state index contributed by atoms with van der Waals surface area (Å²) in [6, 6.07) is 22.3. The van der Waals surface area contributed by atoms with E-state index in [2.05, 4.69) is 5.32 Å². The summed E-state index contributed by atoms with van der Waals surface area (Å²) in [5.74, 6) is -0.417. The van der Waals surface area contributed by atoms with Crippen molar-refractivity contribution in [2.24, 2.45) is 12.8 Å². The molecule has 9 nitrogen and oxygen atoms in total. The minimum atomic E-state index is -4.14. The van der Waals surface area contributed by atoms with Gasteiger partial charge in [-0.3, -0.25) is 18.6 Å². The van der Waals surface area contributed by atoms with E-state index in [4.69, 9.17) is 5.73 Å². The Kier molecular flexibility index (Phi) is 7.33. The van der Waals surface area contributed by atoms with Crippen molar-refractivity contribution in [3.05, 3.63) is 112 Å². The van der Waals surface area contributed by atoms with Crippen LogP contribution in [0, 0.1) is 6.92 Å². The number of para-hydroxylation sites is 1. The van der Waals surface area contributed by atoms with Crippen molar-refractivity contribution in [1.82, 2.24) is 14.7 Å². The van der Waals surface area contributed by atoms with Crippen molar-refractivity contribution in [2.45, 2.75) is 24.9 Å². The van der Waals surface area contributed by atoms with Gasteiger partial charge in [0.05, 0.1) is 16.3 Å². The lowest BCUT2D eigenvalue weighted by Crippen LogP contribution is -2.32. The van der Waals surface area contributed by atoms with Crippen molar-refractivity contribution in [1.29, 1.82) is 0 Å². The van der Waals surface area contributed by atoms with E-state index in [0.717, 1.165) is 15.4 Å². The fourth-order valence-electron chi connectivity index (χ4n) is 4.14. The van der Waals surface area contributed by atoms with Crippen LogP contribution in [0.4, 0.5) is 5.69 Å². The van der Waals surface area contributed by atoms with Gasteiger partial charge in [0.15, 0.2) is 0 Å².